The van der Waals surface area contributed by atoms with Crippen LogP contribution in [0.2, 0.25) is 0 Å². The van der Waals surface area contributed by atoms with Crippen LogP contribution < -0.4 is 9.64 Å². The number of pyridine rings is 1. The SMILES string of the molecule is C[C@@H](OCC1CC1)C(=O)N1CC[C@@H](Oc2cccnc2N(C)C)C1. The van der Waals surface area contributed by atoms with E-state index >= 15 is 0 Å². The van der Waals surface area contributed by atoms with Gasteiger partial charge in [-0.1, -0.05) is 0 Å². The van der Waals surface area contributed by atoms with Gasteiger partial charge in [0.05, 0.1) is 13.2 Å². The predicted molar refractivity (Wildman–Crippen MR) is 92.3 cm³/mol. The van der Waals surface area contributed by atoms with E-state index in [-0.39, 0.29) is 18.1 Å². The van der Waals surface area contributed by atoms with Gasteiger partial charge in [0, 0.05) is 33.3 Å². The number of amides is 1. The van der Waals surface area contributed by atoms with Gasteiger partial charge < -0.3 is 19.3 Å². The smallest absolute Gasteiger partial charge is 0.251 e. The van der Waals surface area contributed by atoms with E-state index in [9.17, 15) is 4.79 Å². The van der Waals surface area contributed by atoms with Gasteiger partial charge in [-0.3, -0.25) is 4.79 Å². The summed E-state index contributed by atoms with van der Waals surface area (Å²) in [4.78, 5) is 20.6. The van der Waals surface area contributed by atoms with Gasteiger partial charge in [-0.15, -0.1) is 0 Å². The largest absolute Gasteiger partial charge is 0.485 e. The van der Waals surface area contributed by atoms with Crippen molar-refractivity contribution in [2.75, 3.05) is 38.7 Å². The van der Waals surface area contributed by atoms with Crippen molar-refractivity contribution in [3.8, 4) is 5.75 Å². The maximum Gasteiger partial charge on any atom is 0.251 e. The van der Waals surface area contributed by atoms with Crippen molar-refractivity contribution >= 4 is 11.7 Å². The molecule has 0 spiro atoms. The fourth-order valence-corrected chi connectivity index (χ4v) is 2.91. The molecule has 2 heterocycles. The molecule has 0 bridgehead atoms. The minimum Gasteiger partial charge on any atom is -0.485 e. The topological polar surface area (TPSA) is 54.9 Å². The number of rotatable bonds is 7. The van der Waals surface area contributed by atoms with Gasteiger partial charge in [0.2, 0.25) is 0 Å². The molecule has 1 aliphatic carbocycles. The van der Waals surface area contributed by atoms with Crippen LogP contribution in [-0.4, -0.2) is 61.8 Å². The fourth-order valence-electron chi connectivity index (χ4n) is 2.91. The van der Waals surface area contributed by atoms with Crippen LogP contribution in [0.1, 0.15) is 26.2 Å². The lowest BCUT2D eigenvalue weighted by Crippen LogP contribution is -2.38. The molecule has 0 radical (unpaired) electrons. The number of hydrogen-bond acceptors (Lipinski definition) is 5. The summed E-state index contributed by atoms with van der Waals surface area (Å²) in [6.45, 7) is 3.89. The summed E-state index contributed by atoms with van der Waals surface area (Å²) in [5.74, 6) is 2.31. The van der Waals surface area contributed by atoms with Crippen molar-refractivity contribution in [2.24, 2.45) is 5.92 Å². The number of carbonyl (C=O) groups is 1. The van der Waals surface area contributed by atoms with E-state index in [1.165, 1.54) is 12.8 Å². The number of hydrogen-bond donors (Lipinski definition) is 0. The minimum absolute atomic E-state index is 0.00693. The zero-order chi connectivity index (χ0) is 17.1. The molecular formula is C18H27N3O3. The van der Waals surface area contributed by atoms with E-state index in [0.29, 0.717) is 19.1 Å². The normalized spacial score (nSPS) is 21.6. The van der Waals surface area contributed by atoms with E-state index in [0.717, 1.165) is 24.5 Å². The molecular weight excluding hydrogens is 306 g/mol. The fraction of sp³-hybridized carbons (Fsp3) is 0.667. The second kappa shape index (κ2) is 7.38. The van der Waals surface area contributed by atoms with Crippen LogP contribution in [0.25, 0.3) is 0 Å². The summed E-state index contributed by atoms with van der Waals surface area (Å²) in [5, 5.41) is 0. The van der Waals surface area contributed by atoms with E-state index < -0.39 is 0 Å². The lowest BCUT2D eigenvalue weighted by atomic mass is 10.3. The Morgan fingerprint density at radius 3 is 2.92 bits per heavy atom. The Bertz CT molecular complexity index is 574. The number of anilines is 1. The molecule has 3 rings (SSSR count). The Hall–Kier alpha value is -1.82. The molecule has 0 N–H and O–H groups in total. The zero-order valence-electron chi connectivity index (χ0n) is 14.8. The number of aromatic nitrogens is 1. The number of ether oxygens (including phenoxy) is 2. The maximum absolute atomic E-state index is 12.5. The quantitative estimate of drug-likeness (QED) is 0.763. The third-order valence-corrected chi connectivity index (χ3v) is 4.55. The van der Waals surface area contributed by atoms with Crippen LogP contribution in [0.4, 0.5) is 5.82 Å². The molecule has 2 aliphatic rings. The van der Waals surface area contributed by atoms with Gasteiger partial charge in [0.1, 0.15) is 12.2 Å². The lowest BCUT2D eigenvalue weighted by molar-refractivity contribution is -0.142. The van der Waals surface area contributed by atoms with E-state index in [2.05, 4.69) is 4.98 Å². The Balaban J connectivity index is 1.52. The molecule has 1 aliphatic heterocycles. The van der Waals surface area contributed by atoms with E-state index in [1.54, 1.807) is 6.20 Å². The maximum atomic E-state index is 12.5. The number of nitrogens with zero attached hydrogens (tertiary/aromatic N) is 3. The molecule has 6 nitrogen and oxygen atoms in total. The Morgan fingerprint density at radius 2 is 2.21 bits per heavy atom. The lowest BCUT2D eigenvalue weighted by Gasteiger charge is -2.22. The second-order valence-corrected chi connectivity index (χ2v) is 6.95. The third-order valence-electron chi connectivity index (χ3n) is 4.55. The van der Waals surface area contributed by atoms with Gasteiger partial charge in [0.15, 0.2) is 11.6 Å². The van der Waals surface area contributed by atoms with Crippen LogP contribution in [0, 0.1) is 5.92 Å². The number of carbonyl (C=O) groups excluding carboxylic acids is 1. The molecule has 1 saturated carbocycles. The highest BCUT2D eigenvalue weighted by Gasteiger charge is 2.32. The van der Waals surface area contributed by atoms with Gasteiger partial charge in [-0.25, -0.2) is 4.98 Å². The molecule has 1 aromatic rings. The van der Waals surface area contributed by atoms with Gasteiger partial charge >= 0.3 is 0 Å². The van der Waals surface area contributed by atoms with Crippen molar-refractivity contribution in [3.63, 3.8) is 0 Å². The van der Waals surface area contributed by atoms with E-state index in [1.807, 2.05) is 43.0 Å². The zero-order valence-corrected chi connectivity index (χ0v) is 14.8. The van der Waals surface area contributed by atoms with Crippen molar-refractivity contribution in [3.05, 3.63) is 18.3 Å². The molecule has 1 saturated heterocycles. The van der Waals surface area contributed by atoms with Crippen molar-refractivity contribution in [2.45, 2.75) is 38.4 Å². The van der Waals surface area contributed by atoms with Gasteiger partial charge in [-0.05, 0) is 37.8 Å². The molecule has 0 unspecified atom stereocenters. The van der Waals surface area contributed by atoms with Crippen molar-refractivity contribution in [1.29, 1.82) is 0 Å². The first-order valence-electron chi connectivity index (χ1n) is 8.74. The van der Waals surface area contributed by atoms with Gasteiger partial charge in [0.25, 0.3) is 5.91 Å². The number of likely N-dealkylation sites (tertiary alicyclic amines) is 1. The Labute approximate surface area is 143 Å². The first kappa shape index (κ1) is 17.0. The monoisotopic (exact) mass is 333 g/mol. The average molecular weight is 333 g/mol. The van der Waals surface area contributed by atoms with Crippen LogP contribution in [0.3, 0.4) is 0 Å². The summed E-state index contributed by atoms with van der Waals surface area (Å²) >= 11 is 0. The summed E-state index contributed by atoms with van der Waals surface area (Å²) in [6, 6.07) is 3.79. The van der Waals surface area contributed by atoms with E-state index in [4.69, 9.17) is 9.47 Å². The molecule has 0 aromatic carbocycles. The van der Waals surface area contributed by atoms with Crippen LogP contribution in [0.15, 0.2) is 18.3 Å². The molecule has 2 atom stereocenters. The summed E-state index contributed by atoms with van der Waals surface area (Å²) in [7, 11) is 3.89. The third kappa shape index (κ3) is 4.17. The molecule has 1 aromatic heterocycles. The summed E-state index contributed by atoms with van der Waals surface area (Å²) in [5.41, 5.74) is 0. The average Bonchev–Trinajstić information content (AvgIpc) is 3.29. The van der Waals surface area contributed by atoms with Crippen molar-refractivity contribution < 1.29 is 14.3 Å². The molecule has 132 valence electrons. The Morgan fingerprint density at radius 1 is 1.42 bits per heavy atom. The standard InChI is InChI=1S/C18H27N3O3/c1-13(23-12-14-6-7-14)18(22)21-10-8-15(11-21)24-16-5-4-9-19-17(16)20(2)3/h4-5,9,13-15H,6-8,10-12H2,1-3H3/t13-,15-/m1/s1. The molecule has 6 heteroatoms. The Kier molecular flexibility index (Phi) is 5.23. The van der Waals surface area contributed by atoms with Gasteiger partial charge in [-0.2, -0.15) is 0 Å². The molecule has 1 amide bonds. The highest BCUT2D eigenvalue weighted by atomic mass is 16.5. The summed E-state index contributed by atoms with van der Waals surface area (Å²) < 4.78 is 11.8. The molecule has 24 heavy (non-hydrogen) atoms. The molecule has 2 fully saturated rings. The predicted octanol–water partition coefficient (Wildman–Crippen LogP) is 1.94. The first-order chi connectivity index (χ1) is 11.5. The second-order valence-electron chi connectivity index (χ2n) is 6.95. The van der Waals surface area contributed by atoms with Crippen molar-refractivity contribution in [1.82, 2.24) is 9.88 Å². The van der Waals surface area contributed by atoms with Crippen LogP contribution >= 0.6 is 0 Å². The first-order valence-corrected chi connectivity index (χ1v) is 8.74. The summed E-state index contributed by atoms with van der Waals surface area (Å²) in [6.07, 6.45) is 4.71. The van der Waals surface area contributed by atoms with Crippen LogP contribution in [-0.2, 0) is 9.53 Å². The highest BCUT2D eigenvalue weighted by molar-refractivity contribution is 5.80. The minimum atomic E-state index is -0.361. The highest BCUT2D eigenvalue weighted by Crippen LogP contribution is 2.30. The van der Waals surface area contributed by atoms with Crippen LogP contribution in [0.5, 0.6) is 5.75 Å².